The van der Waals surface area contributed by atoms with Crippen molar-refractivity contribution < 1.29 is 9.50 Å². The summed E-state index contributed by atoms with van der Waals surface area (Å²) in [4.78, 5) is 1.84. The molecule has 15 heavy (non-hydrogen) atoms. The van der Waals surface area contributed by atoms with Gasteiger partial charge in [-0.15, -0.1) is 0 Å². The lowest BCUT2D eigenvalue weighted by Gasteiger charge is -2.20. The maximum Gasteiger partial charge on any atom is 0.123 e. The van der Waals surface area contributed by atoms with Gasteiger partial charge in [0.2, 0.25) is 0 Å². The highest BCUT2D eigenvalue weighted by molar-refractivity contribution is 5.53. The van der Waals surface area contributed by atoms with Crippen molar-refractivity contribution >= 4 is 5.69 Å². The van der Waals surface area contributed by atoms with Crippen molar-refractivity contribution in [1.82, 2.24) is 0 Å². The molecule has 0 aliphatic heterocycles. The lowest BCUT2D eigenvalue weighted by molar-refractivity contribution is 0.170. The molecule has 4 heteroatoms. The molecule has 3 N–H and O–H groups in total. The van der Waals surface area contributed by atoms with E-state index in [4.69, 9.17) is 5.73 Å². The molecule has 0 saturated heterocycles. The zero-order valence-electron chi connectivity index (χ0n) is 9.07. The number of hydrogen-bond donors (Lipinski definition) is 2. The molecule has 0 aliphatic carbocycles. The summed E-state index contributed by atoms with van der Waals surface area (Å²) in [5.74, 6) is -0.341. The fourth-order valence-corrected chi connectivity index (χ4v) is 1.51. The second-order valence-corrected chi connectivity index (χ2v) is 3.69. The highest BCUT2D eigenvalue weighted by Crippen LogP contribution is 2.27. The Bertz CT molecular complexity index is 328. The van der Waals surface area contributed by atoms with E-state index >= 15 is 0 Å². The van der Waals surface area contributed by atoms with Gasteiger partial charge >= 0.3 is 0 Å². The Morgan fingerprint density at radius 3 is 2.67 bits per heavy atom. The van der Waals surface area contributed by atoms with E-state index in [0.29, 0.717) is 18.5 Å². The van der Waals surface area contributed by atoms with Crippen LogP contribution in [0.4, 0.5) is 10.1 Å². The average Bonchev–Trinajstić information content (AvgIpc) is 2.17. The third-order valence-electron chi connectivity index (χ3n) is 2.27. The van der Waals surface area contributed by atoms with Crippen molar-refractivity contribution in [3.63, 3.8) is 0 Å². The number of benzene rings is 1. The maximum atomic E-state index is 13.1. The van der Waals surface area contributed by atoms with Crippen molar-refractivity contribution in [3.8, 4) is 0 Å². The van der Waals surface area contributed by atoms with Gasteiger partial charge in [-0.2, -0.15) is 0 Å². The predicted octanol–water partition coefficient (Wildman–Crippen LogP) is 1.27. The number of nitrogens with zero attached hydrogens (tertiary/aromatic N) is 1. The third kappa shape index (κ3) is 2.91. The maximum absolute atomic E-state index is 13.1. The fourth-order valence-electron chi connectivity index (χ4n) is 1.51. The lowest BCUT2D eigenvalue weighted by atomic mass is 10.0. The smallest absolute Gasteiger partial charge is 0.123 e. The molecule has 1 rings (SSSR count). The molecule has 1 atom stereocenters. The summed E-state index contributed by atoms with van der Waals surface area (Å²) >= 11 is 0. The van der Waals surface area contributed by atoms with Crippen molar-refractivity contribution in [2.75, 3.05) is 25.5 Å². The highest BCUT2D eigenvalue weighted by Gasteiger charge is 2.13. The average molecular weight is 212 g/mol. The topological polar surface area (TPSA) is 49.5 Å². The molecule has 0 heterocycles. The van der Waals surface area contributed by atoms with Crippen LogP contribution in [0.25, 0.3) is 0 Å². The number of rotatable bonds is 4. The quantitative estimate of drug-likeness (QED) is 0.790. The Labute approximate surface area is 89.3 Å². The standard InChI is InChI=1S/C11H17FN2O/c1-14(2)10-4-3-8(12)7-9(10)11(15)5-6-13/h3-4,7,11,15H,5-6,13H2,1-2H3/t11-/m0/s1. The van der Waals surface area contributed by atoms with Gasteiger partial charge in [0, 0.05) is 25.3 Å². The monoisotopic (exact) mass is 212 g/mol. The Morgan fingerprint density at radius 2 is 2.13 bits per heavy atom. The first-order chi connectivity index (χ1) is 7.06. The molecule has 0 fully saturated rings. The van der Waals surface area contributed by atoms with Crippen LogP contribution in [0, 0.1) is 5.82 Å². The molecule has 0 radical (unpaired) electrons. The van der Waals surface area contributed by atoms with Crippen LogP contribution in [0.5, 0.6) is 0 Å². The molecule has 1 aromatic rings. The molecule has 0 bridgehead atoms. The first kappa shape index (κ1) is 11.9. The zero-order chi connectivity index (χ0) is 11.4. The van der Waals surface area contributed by atoms with Crippen LogP contribution >= 0.6 is 0 Å². The van der Waals surface area contributed by atoms with E-state index in [1.54, 1.807) is 6.07 Å². The molecular formula is C11H17FN2O. The zero-order valence-corrected chi connectivity index (χ0v) is 9.07. The van der Waals surface area contributed by atoms with E-state index in [-0.39, 0.29) is 5.82 Å². The molecule has 3 nitrogen and oxygen atoms in total. The summed E-state index contributed by atoms with van der Waals surface area (Å²) in [6.45, 7) is 0.380. The van der Waals surface area contributed by atoms with Crippen LogP contribution < -0.4 is 10.6 Å². The van der Waals surface area contributed by atoms with Gasteiger partial charge in [0.25, 0.3) is 0 Å². The van der Waals surface area contributed by atoms with Crippen molar-refractivity contribution in [2.24, 2.45) is 5.73 Å². The minimum absolute atomic E-state index is 0.341. The molecule has 0 saturated carbocycles. The SMILES string of the molecule is CN(C)c1ccc(F)cc1[C@@H](O)CCN. The van der Waals surface area contributed by atoms with E-state index < -0.39 is 6.10 Å². The Kier molecular flexibility index (Phi) is 4.05. The number of halogens is 1. The number of nitrogens with two attached hydrogens (primary N) is 1. The summed E-state index contributed by atoms with van der Waals surface area (Å²) < 4.78 is 13.1. The Morgan fingerprint density at radius 1 is 1.47 bits per heavy atom. The lowest BCUT2D eigenvalue weighted by Crippen LogP contribution is -2.15. The van der Waals surface area contributed by atoms with Crippen LogP contribution in [0.1, 0.15) is 18.1 Å². The highest BCUT2D eigenvalue weighted by atomic mass is 19.1. The summed E-state index contributed by atoms with van der Waals surface area (Å²) in [5, 5.41) is 9.80. The summed E-state index contributed by atoms with van der Waals surface area (Å²) in [7, 11) is 3.71. The minimum atomic E-state index is -0.705. The first-order valence-corrected chi connectivity index (χ1v) is 4.91. The number of aliphatic hydroxyl groups excluding tert-OH is 1. The Balaban J connectivity index is 3.06. The van der Waals surface area contributed by atoms with Crippen molar-refractivity contribution in [3.05, 3.63) is 29.6 Å². The first-order valence-electron chi connectivity index (χ1n) is 4.91. The van der Waals surface area contributed by atoms with Gasteiger partial charge in [-0.25, -0.2) is 4.39 Å². The molecular weight excluding hydrogens is 195 g/mol. The number of aliphatic hydroxyl groups is 1. The van der Waals surface area contributed by atoms with E-state index in [9.17, 15) is 9.50 Å². The normalized spacial score (nSPS) is 12.6. The van der Waals surface area contributed by atoms with Crippen LogP contribution in [0.3, 0.4) is 0 Å². The minimum Gasteiger partial charge on any atom is -0.388 e. The third-order valence-corrected chi connectivity index (χ3v) is 2.27. The van der Waals surface area contributed by atoms with Gasteiger partial charge in [0.15, 0.2) is 0 Å². The van der Waals surface area contributed by atoms with Crippen molar-refractivity contribution in [2.45, 2.75) is 12.5 Å². The van der Waals surface area contributed by atoms with Gasteiger partial charge in [0.1, 0.15) is 5.82 Å². The van der Waals surface area contributed by atoms with E-state index in [1.807, 2.05) is 19.0 Å². The van der Waals surface area contributed by atoms with Crippen molar-refractivity contribution in [1.29, 1.82) is 0 Å². The molecule has 0 unspecified atom stereocenters. The fraction of sp³-hybridized carbons (Fsp3) is 0.455. The van der Waals surface area contributed by atoms with Crippen LogP contribution in [-0.4, -0.2) is 25.7 Å². The second kappa shape index (κ2) is 5.09. The van der Waals surface area contributed by atoms with Gasteiger partial charge in [-0.05, 0) is 31.2 Å². The van der Waals surface area contributed by atoms with Gasteiger partial charge in [0.05, 0.1) is 6.10 Å². The number of anilines is 1. The van der Waals surface area contributed by atoms with Gasteiger partial charge in [-0.1, -0.05) is 0 Å². The summed E-state index contributed by atoms with van der Waals surface area (Å²) in [5.41, 5.74) is 6.77. The largest absolute Gasteiger partial charge is 0.388 e. The molecule has 0 aromatic heterocycles. The van der Waals surface area contributed by atoms with E-state index in [2.05, 4.69) is 0 Å². The molecule has 84 valence electrons. The molecule has 0 spiro atoms. The van der Waals surface area contributed by atoms with E-state index in [1.165, 1.54) is 12.1 Å². The predicted molar refractivity (Wildman–Crippen MR) is 59.4 cm³/mol. The molecule has 0 amide bonds. The summed E-state index contributed by atoms with van der Waals surface area (Å²) in [6, 6.07) is 4.40. The van der Waals surface area contributed by atoms with Crippen LogP contribution in [0.2, 0.25) is 0 Å². The number of hydrogen-bond acceptors (Lipinski definition) is 3. The van der Waals surface area contributed by atoms with Crippen LogP contribution in [-0.2, 0) is 0 Å². The van der Waals surface area contributed by atoms with E-state index in [0.717, 1.165) is 5.69 Å². The summed E-state index contributed by atoms with van der Waals surface area (Å²) in [6.07, 6.45) is -0.271. The van der Waals surface area contributed by atoms with Gasteiger partial charge < -0.3 is 15.7 Å². The molecule has 0 aliphatic rings. The second-order valence-electron chi connectivity index (χ2n) is 3.69. The van der Waals surface area contributed by atoms with Crippen LogP contribution in [0.15, 0.2) is 18.2 Å². The molecule has 1 aromatic carbocycles. The Hall–Kier alpha value is -1.13. The van der Waals surface area contributed by atoms with Gasteiger partial charge in [-0.3, -0.25) is 0 Å².